The predicted molar refractivity (Wildman–Crippen MR) is 87.4 cm³/mol. The highest BCUT2D eigenvalue weighted by atomic mass is 15.3. The Morgan fingerprint density at radius 1 is 1.14 bits per heavy atom. The molecule has 1 aliphatic rings. The molecule has 1 aromatic carbocycles. The molecule has 1 N–H and O–H groups in total. The molecule has 0 spiro atoms. The van der Waals surface area contributed by atoms with Crippen LogP contribution in [0.15, 0.2) is 42.7 Å². The molecule has 3 heteroatoms. The van der Waals surface area contributed by atoms with E-state index in [9.17, 15) is 0 Å². The van der Waals surface area contributed by atoms with Crippen molar-refractivity contribution in [3.8, 4) is 0 Å². The lowest BCUT2D eigenvalue weighted by Gasteiger charge is -2.35. The minimum atomic E-state index is 0.577. The van der Waals surface area contributed by atoms with Crippen molar-refractivity contribution in [2.45, 2.75) is 45.7 Å². The van der Waals surface area contributed by atoms with Gasteiger partial charge in [0.2, 0.25) is 0 Å². The van der Waals surface area contributed by atoms with Gasteiger partial charge in [-0.15, -0.1) is 0 Å². The molecule has 1 aliphatic carbocycles. The van der Waals surface area contributed by atoms with Crippen LogP contribution in [0, 0.1) is 11.8 Å². The van der Waals surface area contributed by atoms with E-state index in [4.69, 9.17) is 0 Å². The van der Waals surface area contributed by atoms with E-state index in [1.54, 1.807) is 0 Å². The Morgan fingerprint density at radius 2 is 1.86 bits per heavy atom. The minimum absolute atomic E-state index is 0.577. The molecule has 2 atom stereocenters. The number of aromatic nitrogens is 2. The van der Waals surface area contributed by atoms with Gasteiger partial charge in [0.15, 0.2) is 0 Å². The quantitative estimate of drug-likeness (QED) is 0.912. The van der Waals surface area contributed by atoms with Gasteiger partial charge in [0.25, 0.3) is 0 Å². The lowest BCUT2D eigenvalue weighted by Crippen LogP contribution is -2.36. The Bertz CT molecular complexity index is 551. The van der Waals surface area contributed by atoms with E-state index >= 15 is 0 Å². The fraction of sp³-hybridized carbons (Fsp3) is 0.500. The molecule has 1 saturated carbocycles. The first kappa shape index (κ1) is 14.2. The number of rotatable bonds is 4. The van der Waals surface area contributed by atoms with Crippen molar-refractivity contribution in [2.75, 3.05) is 5.32 Å². The Hall–Kier alpha value is -1.77. The monoisotopic (exact) mass is 283 g/mol. The Kier molecular flexibility index (Phi) is 4.28. The number of benzene rings is 1. The number of anilines is 1. The molecule has 1 fully saturated rings. The summed E-state index contributed by atoms with van der Waals surface area (Å²) in [6.07, 6.45) is 8.12. The van der Waals surface area contributed by atoms with Crippen LogP contribution in [0.1, 0.15) is 38.7 Å². The van der Waals surface area contributed by atoms with E-state index in [0.717, 1.165) is 24.1 Å². The summed E-state index contributed by atoms with van der Waals surface area (Å²) in [5.74, 6) is 1.48. The van der Waals surface area contributed by atoms with Gasteiger partial charge >= 0.3 is 0 Å². The maximum atomic E-state index is 4.48. The number of nitrogens with zero attached hydrogens (tertiary/aromatic N) is 2. The highest BCUT2D eigenvalue weighted by Crippen LogP contribution is 2.31. The lowest BCUT2D eigenvalue weighted by atomic mass is 9.78. The second-order valence-corrected chi connectivity index (χ2v) is 6.47. The molecule has 0 radical (unpaired) electrons. The van der Waals surface area contributed by atoms with Crippen molar-refractivity contribution in [3.05, 3.63) is 48.3 Å². The largest absolute Gasteiger partial charge is 0.379 e. The van der Waals surface area contributed by atoms with Gasteiger partial charge < -0.3 is 5.32 Å². The van der Waals surface area contributed by atoms with E-state index in [1.807, 2.05) is 16.9 Å². The third kappa shape index (κ3) is 3.46. The van der Waals surface area contributed by atoms with Crippen LogP contribution in [0.2, 0.25) is 0 Å². The number of hydrogen-bond acceptors (Lipinski definition) is 2. The standard InChI is InChI=1S/C18H25N3/c1-14-7-6-8-15(2)18(14)20-17-11-19-21(13-17)12-16-9-4-3-5-10-16/h3-5,9-11,13-15,18,20H,6-8,12H2,1-2H3. The summed E-state index contributed by atoms with van der Waals surface area (Å²) in [5, 5.41) is 8.18. The van der Waals surface area contributed by atoms with Crippen LogP contribution in [0.25, 0.3) is 0 Å². The third-order valence-corrected chi connectivity index (χ3v) is 4.70. The molecule has 21 heavy (non-hydrogen) atoms. The second-order valence-electron chi connectivity index (χ2n) is 6.47. The highest BCUT2D eigenvalue weighted by Gasteiger charge is 2.27. The average molecular weight is 283 g/mol. The molecular weight excluding hydrogens is 258 g/mol. The second kappa shape index (κ2) is 6.33. The van der Waals surface area contributed by atoms with E-state index in [-0.39, 0.29) is 0 Å². The summed E-state index contributed by atoms with van der Waals surface area (Å²) in [7, 11) is 0. The van der Waals surface area contributed by atoms with E-state index < -0.39 is 0 Å². The zero-order valence-corrected chi connectivity index (χ0v) is 13.0. The van der Waals surface area contributed by atoms with Crippen molar-refractivity contribution in [2.24, 2.45) is 11.8 Å². The van der Waals surface area contributed by atoms with E-state index in [0.29, 0.717) is 6.04 Å². The highest BCUT2D eigenvalue weighted by molar-refractivity contribution is 5.40. The molecule has 1 heterocycles. The summed E-state index contributed by atoms with van der Waals surface area (Å²) in [5.41, 5.74) is 2.43. The van der Waals surface area contributed by atoms with Crippen molar-refractivity contribution >= 4 is 5.69 Å². The van der Waals surface area contributed by atoms with Crippen LogP contribution in [0.3, 0.4) is 0 Å². The molecule has 3 rings (SSSR count). The third-order valence-electron chi connectivity index (χ3n) is 4.70. The zero-order valence-electron chi connectivity index (χ0n) is 13.0. The Labute approximate surface area is 127 Å². The van der Waals surface area contributed by atoms with Crippen molar-refractivity contribution in [1.82, 2.24) is 9.78 Å². The summed E-state index contributed by atoms with van der Waals surface area (Å²) < 4.78 is 2.01. The van der Waals surface area contributed by atoms with Gasteiger partial charge in [-0.2, -0.15) is 5.10 Å². The molecule has 1 aromatic heterocycles. The van der Waals surface area contributed by atoms with E-state index in [1.165, 1.54) is 24.8 Å². The van der Waals surface area contributed by atoms with Gasteiger partial charge in [-0.25, -0.2) is 0 Å². The molecule has 0 saturated heterocycles. The zero-order chi connectivity index (χ0) is 14.7. The first-order valence-corrected chi connectivity index (χ1v) is 8.05. The molecule has 3 nitrogen and oxygen atoms in total. The van der Waals surface area contributed by atoms with Gasteiger partial charge in [-0.3, -0.25) is 4.68 Å². The van der Waals surface area contributed by atoms with Crippen molar-refractivity contribution < 1.29 is 0 Å². The van der Waals surface area contributed by atoms with Crippen LogP contribution >= 0.6 is 0 Å². The lowest BCUT2D eigenvalue weighted by molar-refractivity contribution is 0.268. The van der Waals surface area contributed by atoms with Crippen LogP contribution in [0.4, 0.5) is 5.69 Å². The fourth-order valence-electron chi connectivity index (χ4n) is 3.45. The first-order chi connectivity index (χ1) is 10.2. The van der Waals surface area contributed by atoms with Crippen LogP contribution in [-0.4, -0.2) is 15.8 Å². The summed E-state index contributed by atoms with van der Waals surface area (Å²) >= 11 is 0. The molecule has 0 amide bonds. The summed E-state index contributed by atoms with van der Waals surface area (Å²) in [4.78, 5) is 0. The molecule has 2 unspecified atom stereocenters. The van der Waals surface area contributed by atoms with Crippen molar-refractivity contribution in [1.29, 1.82) is 0 Å². The van der Waals surface area contributed by atoms with Gasteiger partial charge in [-0.05, 0) is 30.2 Å². The molecule has 0 aliphatic heterocycles. The Morgan fingerprint density at radius 3 is 2.57 bits per heavy atom. The van der Waals surface area contributed by atoms with Gasteiger partial charge in [0.05, 0.1) is 18.4 Å². The van der Waals surface area contributed by atoms with Gasteiger partial charge in [0.1, 0.15) is 0 Å². The topological polar surface area (TPSA) is 29.9 Å². The molecular formula is C18H25N3. The van der Waals surface area contributed by atoms with Gasteiger partial charge in [0, 0.05) is 12.2 Å². The predicted octanol–water partition coefficient (Wildman–Crippen LogP) is 4.17. The van der Waals surface area contributed by atoms with Crippen molar-refractivity contribution in [3.63, 3.8) is 0 Å². The van der Waals surface area contributed by atoms with E-state index in [2.05, 4.69) is 54.7 Å². The van der Waals surface area contributed by atoms with Crippen LogP contribution in [-0.2, 0) is 6.54 Å². The van der Waals surface area contributed by atoms with Crippen LogP contribution in [0.5, 0.6) is 0 Å². The summed E-state index contributed by atoms with van der Waals surface area (Å²) in [6, 6.07) is 11.0. The molecule has 2 aromatic rings. The maximum Gasteiger partial charge on any atom is 0.0728 e. The summed E-state index contributed by atoms with van der Waals surface area (Å²) in [6.45, 7) is 5.56. The maximum absolute atomic E-state index is 4.48. The first-order valence-electron chi connectivity index (χ1n) is 8.05. The smallest absolute Gasteiger partial charge is 0.0728 e. The molecule has 112 valence electrons. The number of hydrogen-bond donors (Lipinski definition) is 1. The van der Waals surface area contributed by atoms with Gasteiger partial charge in [-0.1, -0.05) is 50.6 Å². The SMILES string of the molecule is CC1CCCC(C)C1Nc1cnn(Cc2ccccc2)c1. The number of nitrogens with one attached hydrogen (secondary N) is 1. The fourth-order valence-corrected chi connectivity index (χ4v) is 3.45. The minimum Gasteiger partial charge on any atom is -0.379 e. The molecule has 0 bridgehead atoms. The average Bonchev–Trinajstić information content (AvgIpc) is 2.91. The Balaban J connectivity index is 1.65. The normalized spacial score (nSPS) is 25.7. The van der Waals surface area contributed by atoms with Crippen LogP contribution < -0.4 is 5.32 Å².